The first-order valence-corrected chi connectivity index (χ1v) is 45.4. The van der Waals surface area contributed by atoms with Crippen molar-refractivity contribution in [1.82, 2.24) is 0 Å². The second kappa shape index (κ2) is 33.8. The first-order valence-electron chi connectivity index (χ1n) is 36.6. The van der Waals surface area contributed by atoms with E-state index >= 15 is 0 Å². The molecule has 0 bridgehead atoms. The fraction of sp³-hybridized carbons (Fsp3) is 0. The average molecular weight is 1760 g/mol. The Morgan fingerprint density at radius 1 is 0.156 bits per heavy atom. The van der Waals surface area contributed by atoms with Crippen molar-refractivity contribution in [2.45, 2.75) is 0 Å². The summed E-state index contributed by atoms with van der Waals surface area (Å²) in [6.45, 7) is 0. The van der Waals surface area contributed by atoms with Crippen molar-refractivity contribution in [3.63, 3.8) is 0 Å². The van der Waals surface area contributed by atoms with Crippen LogP contribution in [0.5, 0.6) is 0 Å². The van der Waals surface area contributed by atoms with E-state index in [0.29, 0.717) is 0 Å². The van der Waals surface area contributed by atoms with Crippen LogP contribution in [0.3, 0.4) is 0 Å². The molecule has 0 nitrogen and oxygen atoms in total. The van der Waals surface area contributed by atoms with Gasteiger partial charge in [-0.05, 0) is 0 Å². The van der Waals surface area contributed by atoms with Crippen LogP contribution in [-0.2, 0) is 0 Å². The molecule has 16 aromatic rings. The third kappa shape index (κ3) is 16.8. The van der Waals surface area contributed by atoms with Crippen LogP contribution in [0, 0.1) is 0 Å². The molecule has 0 aliphatic heterocycles. The predicted octanol–water partition coefficient (Wildman–Crippen LogP) is 27.1. The van der Waals surface area contributed by atoms with Gasteiger partial charge < -0.3 is 0 Å². The van der Waals surface area contributed by atoms with Crippen LogP contribution in [0.2, 0.25) is 0 Å². The van der Waals surface area contributed by atoms with E-state index in [2.05, 4.69) is 501 Å². The first kappa shape index (κ1) is 72.4. The molecule has 0 saturated carbocycles. The van der Waals surface area contributed by atoms with E-state index in [9.17, 15) is 0 Å². The molecule has 0 aromatic heterocycles. The summed E-state index contributed by atoms with van der Waals surface area (Å²) in [5.74, 6) is 0. The summed E-state index contributed by atoms with van der Waals surface area (Å²) in [6.07, 6.45) is 9.37. The molecule has 0 heterocycles. The molecule has 0 saturated heterocycles. The molecule has 520 valence electrons. The van der Waals surface area contributed by atoms with Crippen LogP contribution in [0.4, 0.5) is 0 Å². The van der Waals surface area contributed by atoms with Crippen molar-refractivity contribution in [1.29, 1.82) is 0 Å². The van der Waals surface area contributed by atoms with Crippen molar-refractivity contribution in [2.24, 2.45) is 0 Å². The second-order valence-corrected chi connectivity index (χ2v) is 41.8. The van der Waals surface area contributed by atoms with E-state index in [0.717, 1.165) is 107 Å². The fourth-order valence-corrected chi connectivity index (χ4v) is 29.1. The van der Waals surface area contributed by atoms with Gasteiger partial charge in [0, 0.05) is 0 Å². The van der Waals surface area contributed by atoms with E-state index in [1.165, 1.54) is 58.8 Å². The normalized spacial score (nSPS) is 12.5. The van der Waals surface area contributed by atoms with Crippen LogP contribution in [0.25, 0.3) is 91.1 Å². The molecule has 109 heavy (non-hydrogen) atoms. The van der Waals surface area contributed by atoms with Gasteiger partial charge in [-0.25, -0.2) is 0 Å². The second-order valence-electron chi connectivity index (χ2n) is 27.3. The summed E-state index contributed by atoms with van der Waals surface area (Å²) >= 11 is 10.4. The summed E-state index contributed by atoms with van der Waals surface area (Å²) in [4.78, 5) is 0. The number of halogens is 4. The minimum absolute atomic E-state index is 1.03. The van der Waals surface area contributed by atoms with Crippen molar-refractivity contribution in [3.05, 3.63) is 497 Å². The number of benzene rings is 16. The van der Waals surface area contributed by atoms with Gasteiger partial charge in [0.15, 0.2) is 0 Å². The van der Waals surface area contributed by atoms with Crippen LogP contribution in [0.15, 0.2) is 430 Å². The third-order valence-corrected chi connectivity index (χ3v) is 36.3. The average Bonchev–Trinajstić information content (AvgIpc) is 0.726. The molecule has 0 fully saturated rings. The first-order chi connectivity index (χ1) is 53.6. The zero-order valence-electron chi connectivity index (χ0n) is 59.6. The molecule has 16 rings (SSSR count). The molecule has 0 radical (unpaired) electrons. The van der Waals surface area contributed by atoms with Gasteiger partial charge in [-0.15, -0.1) is 0 Å². The van der Waals surface area contributed by atoms with E-state index in [-0.39, 0.29) is 0 Å². The van der Waals surface area contributed by atoms with E-state index in [4.69, 9.17) is 0 Å². The third-order valence-electron chi connectivity index (χ3n) is 20.5. The molecule has 0 N–H and O–H groups in total. The molecule has 0 aliphatic carbocycles. The Kier molecular flexibility index (Phi) is 22.4. The SMILES string of the molecule is Brc1ccc(C(=Cc2ccc(-c3ccccc3)cc2)c2cc[c]([Sn]([c]3ccc(C(=Cc4ccc(-c5ccccc5)cc4)c4ccc(Br)cc4)cc3)([c]3ccc(C(=Cc4ccc(-c5ccccc5)cc4)c4ccc(Br)cc4)cc3)[c]3ccc(C(=Cc4ccc(-c5ccccc5)cc4)c4ccc(Br)cc4)cc3)cc2)cc1. The standard InChI is InChI=1S/4C26H18Br.Sn/c4*27-25-17-15-24(16-18-25)26(23-9-5-2-6-10-23)19-20-11-13-22(14-12-20)21-7-3-1-4-8-21;/h4*1,3-19H;. The van der Waals surface area contributed by atoms with Crippen molar-refractivity contribution >= 4 is 143 Å². The van der Waals surface area contributed by atoms with Gasteiger partial charge in [-0.2, -0.15) is 0 Å². The van der Waals surface area contributed by atoms with E-state index in [1.807, 2.05) is 0 Å². The molecule has 0 spiro atoms. The molecular formula is C104H72Br4Sn. The number of hydrogen-bond acceptors (Lipinski definition) is 0. The summed E-state index contributed by atoms with van der Waals surface area (Å²) in [6, 6.07) is 152. The monoisotopic (exact) mass is 1760 g/mol. The molecular weight excluding hydrogens is 1690 g/mol. The van der Waals surface area contributed by atoms with Crippen LogP contribution >= 0.6 is 63.7 Å². The number of hydrogen-bond donors (Lipinski definition) is 0. The molecule has 5 heteroatoms. The molecule has 0 aliphatic rings. The van der Waals surface area contributed by atoms with Gasteiger partial charge in [-0.3, -0.25) is 0 Å². The van der Waals surface area contributed by atoms with Gasteiger partial charge in [-0.1, -0.05) is 72.8 Å². The molecule has 16 aromatic carbocycles. The Labute approximate surface area is 678 Å². The van der Waals surface area contributed by atoms with E-state index < -0.39 is 18.4 Å². The van der Waals surface area contributed by atoms with Crippen molar-refractivity contribution in [2.75, 3.05) is 0 Å². The van der Waals surface area contributed by atoms with Gasteiger partial charge >= 0.3 is 612 Å². The maximum absolute atomic E-state index is 4.72. The predicted molar refractivity (Wildman–Crippen MR) is 482 cm³/mol. The molecule has 0 unspecified atom stereocenters. The Hall–Kier alpha value is -10.8. The maximum atomic E-state index is 3.77. The van der Waals surface area contributed by atoms with Crippen molar-refractivity contribution < 1.29 is 0 Å². The Morgan fingerprint density at radius 2 is 0.303 bits per heavy atom. The summed E-state index contributed by atoms with van der Waals surface area (Å²) in [5.41, 5.74) is 27.6. The summed E-state index contributed by atoms with van der Waals surface area (Å²) in [5, 5.41) is 0. The quantitative estimate of drug-likeness (QED) is 0.0527. The van der Waals surface area contributed by atoms with Gasteiger partial charge in [0.25, 0.3) is 0 Å². The summed E-state index contributed by atoms with van der Waals surface area (Å²) in [7, 11) is 0. The van der Waals surface area contributed by atoms with Gasteiger partial charge in [0.05, 0.1) is 0 Å². The zero-order chi connectivity index (χ0) is 73.9. The Balaban J connectivity index is 0.897. The van der Waals surface area contributed by atoms with Crippen molar-refractivity contribution in [3.8, 4) is 44.5 Å². The van der Waals surface area contributed by atoms with Gasteiger partial charge in [0.1, 0.15) is 0 Å². The Morgan fingerprint density at radius 3 is 0.468 bits per heavy atom. The number of rotatable bonds is 20. The minimum atomic E-state index is -4.72. The summed E-state index contributed by atoms with van der Waals surface area (Å²) < 4.78 is 9.41. The van der Waals surface area contributed by atoms with E-state index in [1.54, 1.807) is 0 Å². The van der Waals surface area contributed by atoms with Crippen LogP contribution < -0.4 is 14.3 Å². The Bertz CT molecular complexity index is 5140. The zero-order valence-corrected chi connectivity index (χ0v) is 68.8. The molecule has 0 atom stereocenters. The van der Waals surface area contributed by atoms with Gasteiger partial charge in [0.2, 0.25) is 0 Å². The molecule has 0 amide bonds. The van der Waals surface area contributed by atoms with Crippen LogP contribution in [-0.4, -0.2) is 18.4 Å². The van der Waals surface area contributed by atoms with Crippen LogP contribution in [0.1, 0.15) is 66.8 Å². The topological polar surface area (TPSA) is 0 Å². The fourth-order valence-electron chi connectivity index (χ4n) is 14.7.